The molecule has 6 fully saturated rings. The summed E-state index contributed by atoms with van der Waals surface area (Å²) in [5.41, 5.74) is 0.818. The Balaban J connectivity index is 1.53. The van der Waals surface area contributed by atoms with Crippen LogP contribution < -0.4 is 0 Å². The maximum atomic E-state index is 14.2. The van der Waals surface area contributed by atoms with Gasteiger partial charge in [-0.3, -0.25) is 9.35 Å². The SMILES string of the molecule is BCc1c(CB)c(CB)c(C(=O)OC23CC4CC5C2CC5C(C(=O)OCC(F)(F)S(=O)(=O)O)(C4)C3)c(C(=O)O)c1CB. The van der Waals surface area contributed by atoms with E-state index in [0.717, 1.165) is 17.5 Å². The Bertz CT molecular complexity index is 1470. The normalized spacial score (nSPS) is 30.9. The first-order chi connectivity index (χ1) is 19.6. The van der Waals surface area contributed by atoms with Crippen LogP contribution in [0.2, 0.25) is 0 Å². The van der Waals surface area contributed by atoms with Crippen molar-refractivity contribution in [2.24, 2.45) is 29.1 Å². The van der Waals surface area contributed by atoms with E-state index in [1.165, 1.54) is 0 Å². The number of carboxylic acid groups (broad SMARTS) is 1. The zero-order chi connectivity index (χ0) is 31.0. The summed E-state index contributed by atoms with van der Waals surface area (Å²) >= 11 is 0. The van der Waals surface area contributed by atoms with Gasteiger partial charge in [0.1, 0.15) is 37.0 Å². The van der Waals surface area contributed by atoms with Gasteiger partial charge in [0.05, 0.1) is 16.5 Å². The number of rotatable bonds is 11. The predicted octanol–water partition coefficient (Wildman–Crippen LogP) is -0.707. The lowest BCUT2D eigenvalue weighted by molar-refractivity contribution is -0.293. The number of alkyl halides is 2. The van der Waals surface area contributed by atoms with E-state index in [2.05, 4.69) is 0 Å². The minimum absolute atomic E-state index is 0.0122. The van der Waals surface area contributed by atoms with Crippen molar-refractivity contribution in [3.8, 4) is 0 Å². The summed E-state index contributed by atoms with van der Waals surface area (Å²) < 4.78 is 70.1. The van der Waals surface area contributed by atoms with Crippen molar-refractivity contribution in [2.75, 3.05) is 6.61 Å². The quantitative estimate of drug-likeness (QED) is 0.190. The molecule has 6 atom stereocenters. The van der Waals surface area contributed by atoms with Gasteiger partial charge < -0.3 is 14.6 Å². The molecule has 6 unspecified atom stereocenters. The van der Waals surface area contributed by atoms with Crippen LogP contribution in [0.5, 0.6) is 0 Å². The number of carbonyl (C=O) groups is 3. The molecule has 0 heterocycles. The van der Waals surface area contributed by atoms with Gasteiger partial charge >= 0.3 is 33.3 Å². The molecule has 1 aromatic rings. The summed E-state index contributed by atoms with van der Waals surface area (Å²) in [6.07, 6.45) is 4.27. The van der Waals surface area contributed by atoms with Crippen LogP contribution in [0.15, 0.2) is 0 Å². The monoisotopic (exact) mass is 604 g/mol. The van der Waals surface area contributed by atoms with Gasteiger partial charge in [0.2, 0.25) is 0 Å². The Labute approximate surface area is 247 Å². The molecule has 9 nitrogen and oxygen atoms in total. The Morgan fingerprint density at radius 2 is 1.48 bits per heavy atom. The molecule has 0 radical (unpaired) electrons. The molecular formula is C26H34B4F2O9S. The summed E-state index contributed by atoms with van der Waals surface area (Å²) in [4.78, 5) is 40.3. The number of carboxylic acids is 1. The average Bonchev–Trinajstić information content (AvgIpc) is 2.90. The first-order valence-electron chi connectivity index (χ1n) is 14.8. The van der Waals surface area contributed by atoms with Crippen molar-refractivity contribution >= 4 is 59.4 Å². The van der Waals surface area contributed by atoms with E-state index in [1.807, 2.05) is 31.4 Å². The summed E-state index contributed by atoms with van der Waals surface area (Å²) in [6, 6.07) is 0. The second kappa shape index (κ2) is 10.4. The van der Waals surface area contributed by atoms with Gasteiger partial charge in [0.15, 0.2) is 6.61 Å². The van der Waals surface area contributed by atoms with E-state index in [1.54, 1.807) is 0 Å². The minimum atomic E-state index is -5.78. The average molecular weight is 604 g/mol. The van der Waals surface area contributed by atoms with Gasteiger partial charge in [-0.15, -0.1) is 0 Å². The third kappa shape index (κ3) is 4.37. The molecule has 0 aromatic heterocycles. The first-order valence-corrected chi connectivity index (χ1v) is 16.2. The van der Waals surface area contributed by atoms with Crippen molar-refractivity contribution in [1.82, 2.24) is 0 Å². The number of aromatic carboxylic acids is 1. The minimum Gasteiger partial charge on any atom is -0.478 e. The van der Waals surface area contributed by atoms with Crippen LogP contribution in [-0.2, 0) is 49.7 Å². The molecule has 6 aliphatic rings. The van der Waals surface area contributed by atoms with Gasteiger partial charge in [-0.2, -0.15) is 17.2 Å². The van der Waals surface area contributed by atoms with E-state index in [9.17, 15) is 36.7 Å². The molecule has 7 rings (SSSR count). The molecule has 224 valence electrons. The molecular weight excluding hydrogens is 570 g/mol. The van der Waals surface area contributed by atoms with Gasteiger partial charge in [0.25, 0.3) is 0 Å². The second-order valence-corrected chi connectivity index (χ2v) is 14.0. The zero-order valence-corrected chi connectivity index (χ0v) is 25.1. The van der Waals surface area contributed by atoms with Crippen molar-refractivity contribution in [3.05, 3.63) is 33.4 Å². The molecule has 2 N–H and O–H groups in total. The Hall–Kier alpha value is -2.34. The Kier molecular flexibility index (Phi) is 7.69. The van der Waals surface area contributed by atoms with E-state index in [4.69, 9.17) is 14.0 Å². The number of ether oxygens (including phenoxy) is 2. The molecule has 6 aliphatic carbocycles. The van der Waals surface area contributed by atoms with Crippen LogP contribution >= 0.6 is 0 Å². The smallest absolute Gasteiger partial charge is 0.402 e. The summed E-state index contributed by atoms with van der Waals surface area (Å²) in [6.45, 7) is -1.81. The van der Waals surface area contributed by atoms with Gasteiger partial charge in [0, 0.05) is 12.3 Å². The molecule has 0 spiro atoms. The maximum Gasteiger partial charge on any atom is 0.402 e. The fourth-order valence-corrected chi connectivity index (χ4v) is 9.48. The number of benzene rings is 1. The highest BCUT2D eigenvalue weighted by Crippen LogP contribution is 2.75. The highest BCUT2D eigenvalue weighted by atomic mass is 32.2. The highest BCUT2D eigenvalue weighted by Gasteiger charge is 2.76. The lowest BCUT2D eigenvalue weighted by Gasteiger charge is -2.73. The molecule has 0 amide bonds. The zero-order valence-electron chi connectivity index (χ0n) is 24.3. The predicted molar refractivity (Wildman–Crippen MR) is 157 cm³/mol. The van der Waals surface area contributed by atoms with Crippen molar-refractivity contribution < 1.29 is 50.7 Å². The van der Waals surface area contributed by atoms with Crippen molar-refractivity contribution in [1.29, 1.82) is 0 Å². The third-order valence-electron chi connectivity index (χ3n) is 10.7. The molecule has 42 heavy (non-hydrogen) atoms. The molecule has 0 saturated heterocycles. The van der Waals surface area contributed by atoms with Crippen molar-refractivity contribution in [2.45, 2.75) is 68.2 Å². The van der Waals surface area contributed by atoms with Gasteiger partial charge in [-0.05, 0) is 65.7 Å². The largest absolute Gasteiger partial charge is 0.478 e. The lowest BCUT2D eigenvalue weighted by Crippen LogP contribution is -2.74. The number of esters is 2. The fraction of sp³-hybridized carbons (Fsp3) is 0.654. The number of carbonyl (C=O) groups excluding carboxylic acids is 2. The fourth-order valence-electron chi connectivity index (χ4n) is 9.27. The summed E-state index contributed by atoms with van der Waals surface area (Å²) in [5.74, 6) is -3.17. The Morgan fingerprint density at radius 3 is 2.00 bits per heavy atom. The van der Waals surface area contributed by atoms with Crippen LogP contribution in [-0.4, -0.2) is 84.8 Å². The topological polar surface area (TPSA) is 144 Å². The molecule has 1 aromatic carbocycles. The molecule has 0 aliphatic heterocycles. The maximum absolute atomic E-state index is 14.2. The standard InChI is InChI=1S/C26H34B4F2O9S/c27-5-13-14(6-28)16(8-30)20(19(21(33)34)15(13)7-29)22(35)41-25-4-11-1-12-17(2-18(12)25)24(3-11,9-25)23(36)40-10-26(31,32)42(37,38)39/h11-12,17-18H,1-10,27-30H2,(H,33,34)(H,37,38,39). The van der Waals surface area contributed by atoms with E-state index in [-0.39, 0.29) is 41.2 Å². The van der Waals surface area contributed by atoms with Crippen molar-refractivity contribution in [3.63, 3.8) is 0 Å². The number of halogens is 2. The van der Waals surface area contributed by atoms with Crippen LogP contribution in [0.25, 0.3) is 0 Å². The van der Waals surface area contributed by atoms with E-state index in [0.29, 0.717) is 55.7 Å². The molecule has 6 bridgehead atoms. The Morgan fingerprint density at radius 1 is 0.905 bits per heavy atom. The van der Waals surface area contributed by atoms with Gasteiger partial charge in [-0.1, -0.05) is 25.3 Å². The summed E-state index contributed by atoms with van der Waals surface area (Å²) in [5, 5.41) is 5.67. The number of hydrogen-bond donors (Lipinski definition) is 2. The number of hydrogen-bond acceptors (Lipinski definition) is 7. The van der Waals surface area contributed by atoms with Crippen LogP contribution in [0.4, 0.5) is 8.78 Å². The van der Waals surface area contributed by atoms with Gasteiger partial charge in [-0.25, -0.2) is 9.59 Å². The van der Waals surface area contributed by atoms with E-state index >= 15 is 0 Å². The van der Waals surface area contributed by atoms with Crippen LogP contribution in [0.1, 0.15) is 75.1 Å². The second-order valence-electron chi connectivity index (χ2n) is 12.5. The third-order valence-corrected chi connectivity index (χ3v) is 11.5. The summed E-state index contributed by atoms with van der Waals surface area (Å²) in [7, 11) is 1.88. The molecule has 6 saturated carbocycles. The van der Waals surface area contributed by atoms with Crippen LogP contribution in [0, 0.1) is 29.1 Å². The van der Waals surface area contributed by atoms with Crippen LogP contribution in [0.3, 0.4) is 0 Å². The van der Waals surface area contributed by atoms with E-state index < -0.39 is 50.9 Å². The first kappa shape index (κ1) is 31.1. The lowest BCUT2D eigenvalue weighted by atomic mass is 9.32. The molecule has 16 heteroatoms. The highest BCUT2D eigenvalue weighted by molar-refractivity contribution is 7.86.